The van der Waals surface area contributed by atoms with Gasteiger partial charge in [0.1, 0.15) is 5.82 Å². The van der Waals surface area contributed by atoms with Crippen molar-refractivity contribution in [3.8, 4) is 0 Å². The topological polar surface area (TPSA) is 12.0 Å². The van der Waals surface area contributed by atoms with Crippen molar-refractivity contribution in [2.75, 3.05) is 6.54 Å². The number of hydrogen-bond donors (Lipinski definition) is 1. The van der Waals surface area contributed by atoms with E-state index in [4.69, 9.17) is 0 Å². The highest BCUT2D eigenvalue weighted by Gasteiger charge is 2.24. The molecule has 3 heteroatoms. The van der Waals surface area contributed by atoms with Crippen LogP contribution in [0.1, 0.15) is 38.2 Å². The molecule has 0 radical (unpaired) electrons. The van der Waals surface area contributed by atoms with Crippen LogP contribution in [-0.2, 0) is 0 Å². The highest BCUT2D eigenvalue weighted by atomic mass is 79.9. The van der Waals surface area contributed by atoms with Crippen molar-refractivity contribution >= 4 is 15.9 Å². The fourth-order valence-corrected chi connectivity index (χ4v) is 2.38. The smallest absolute Gasteiger partial charge is 0.140 e. The molecule has 2 atom stereocenters. The fraction of sp³-hybridized carbons (Fsp3) is 0.571. The van der Waals surface area contributed by atoms with E-state index in [0.717, 1.165) is 18.2 Å². The molecule has 1 fully saturated rings. The van der Waals surface area contributed by atoms with Gasteiger partial charge >= 0.3 is 0 Å². The van der Waals surface area contributed by atoms with Crippen LogP contribution in [0.5, 0.6) is 0 Å². The molecule has 1 aromatic carbocycles. The van der Waals surface area contributed by atoms with Gasteiger partial charge in [-0.2, -0.15) is 0 Å². The number of benzene rings is 1. The van der Waals surface area contributed by atoms with Gasteiger partial charge < -0.3 is 5.32 Å². The van der Waals surface area contributed by atoms with Gasteiger partial charge in [-0.25, -0.2) is 4.39 Å². The molecule has 0 spiro atoms. The maximum atomic E-state index is 14.0. The van der Waals surface area contributed by atoms with E-state index in [-0.39, 0.29) is 11.7 Å². The van der Waals surface area contributed by atoms with Crippen molar-refractivity contribution in [3.63, 3.8) is 0 Å². The average molecular weight is 300 g/mol. The van der Waals surface area contributed by atoms with Crippen molar-refractivity contribution < 1.29 is 4.39 Å². The molecule has 94 valence electrons. The minimum Gasteiger partial charge on any atom is -0.314 e. The van der Waals surface area contributed by atoms with Gasteiger partial charge in [0.15, 0.2) is 0 Å². The van der Waals surface area contributed by atoms with Crippen LogP contribution in [-0.4, -0.2) is 12.6 Å². The van der Waals surface area contributed by atoms with E-state index in [1.165, 1.54) is 12.8 Å². The van der Waals surface area contributed by atoms with Crippen LogP contribution in [0.4, 0.5) is 4.39 Å². The molecule has 1 aliphatic carbocycles. The third-order valence-corrected chi connectivity index (χ3v) is 4.24. The van der Waals surface area contributed by atoms with Crippen LogP contribution in [0.2, 0.25) is 0 Å². The lowest BCUT2D eigenvalue weighted by Crippen LogP contribution is -2.26. The SMILES string of the molecule is CC(CNC1CC1)C(C)c1cccc(Br)c1F. The van der Waals surface area contributed by atoms with E-state index in [1.807, 2.05) is 12.1 Å². The van der Waals surface area contributed by atoms with Crippen LogP contribution < -0.4 is 5.32 Å². The summed E-state index contributed by atoms with van der Waals surface area (Å²) in [6.45, 7) is 5.25. The average Bonchev–Trinajstić information content (AvgIpc) is 3.12. The van der Waals surface area contributed by atoms with Gasteiger partial charge in [-0.15, -0.1) is 0 Å². The summed E-state index contributed by atoms with van der Waals surface area (Å²) in [4.78, 5) is 0. The second-order valence-electron chi connectivity index (χ2n) is 5.09. The molecule has 0 saturated heterocycles. The van der Waals surface area contributed by atoms with E-state index in [1.54, 1.807) is 6.07 Å². The molecule has 0 aromatic heterocycles. The zero-order valence-corrected chi connectivity index (χ0v) is 11.9. The van der Waals surface area contributed by atoms with Crippen LogP contribution in [0.3, 0.4) is 0 Å². The molecular weight excluding hydrogens is 281 g/mol. The van der Waals surface area contributed by atoms with E-state index >= 15 is 0 Å². The highest BCUT2D eigenvalue weighted by Crippen LogP contribution is 2.30. The second kappa shape index (κ2) is 5.49. The monoisotopic (exact) mass is 299 g/mol. The van der Waals surface area contributed by atoms with Gasteiger partial charge in [0.25, 0.3) is 0 Å². The normalized spacial score (nSPS) is 19.1. The summed E-state index contributed by atoms with van der Waals surface area (Å²) in [5.41, 5.74) is 0.810. The molecule has 0 aliphatic heterocycles. The Morgan fingerprint density at radius 1 is 1.41 bits per heavy atom. The molecule has 1 aromatic rings. The first-order valence-corrected chi connectivity index (χ1v) is 7.06. The summed E-state index contributed by atoms with van der Waals surface area (Å²) in [7, 11) is 0. The largest absolute Gasteiger partial charge is 0.314 e. The van der Waals surface area contributed by atoms with Gasteiger partial charge in [-0.1, -0.05) is 26.0 Å². The Morgan fingerprint density at radius 2 is 2.12 bits per heavy atom. The third kappa shape index (κ3) is 3.29. The summed E-state index contributed by atoms with van der Waals surface area (Å²) in [6, 6.07) is 6.26. The predicted molar refractivity (Wildman–Crippen MR) is 72.7 cm³/mol. The van der Waals surface area contributed by atoms with Crippen molar-refractivity contribution in [1.29, 1.82) is 0 Å². The van der Waals surface area contributed by atoms with Gasteiger partial charge in [0.2, 0.25) is 0 Å². The molecule has 0 amide bonds. The quantitative estimate of drug-likeness (QED) is 0.864. The van der Waals surface area contributed by atoms with Crippen molar-refractivity contribution in [2.45, 2.75) is 38.6 Å². The van der Waals surface area contributed by atoms with Crippen molar-refractivity contribution in [3.05, 3.63) is 34.1 Å². The summed E-state index contributed by atoms with van der Waals surface area (Å²) in [6.07, 6.45) is 2.60. The lowest BCUT2D eigenvalue weighted by molar-refractivity contribution is 0.432. The molecule has 2 rings (SSSR count). The fourth-order valence-electron chi connectivity index (χ4n) is 2.00. The van der Waals surface area contributed by atoms with E-state index in [0.29, 0.717) is 10.4 Å². The molecule has 0 heterocycles. The Hall–Kier alpha value is -0.410. The Kier molecular flexibility index (Phi) is 4.21. The zero-order chi connectivity index (χ0) is 12.4. The summed E-state index contributed by atoms with van der Waals surface area (Å²) in [5.74, 6) is 0.566. The molecule has 1 nitrogen and oxygen atoms in total. The zero-order valence-electron chi connectivity index (χ0n) is 10.3. The molecule has 1 N–H and O–H groups in total. The van der Waals surface area contributed by atoms with E-state index in [9.17, 15) is 4.39 Å². The van der Waals surface area contributed by atoms with Gasteiger partial charge in [0.05, 0.1) is 4.47 Å². The number of nitrogens with one attached hydrogen (secondary N) is 1. The first-order valence-electron chi connectivity index (χ1n) is 6.27. The van der Waals surface area contributed by atoms with Crippen molar-refractivity contribution in [2.24, 2.45) is 5.92 Å². The second-order valence-corrected chi connectivity index (χ2v) is 5.95. The summed E-state index contributed by atoms with van der Waals surface area (Å²) < 4.78 is 14.5. The number of rotatable bonds is 5. The van der Waals surface area contributed by atoms with Gasteiger partial charge in [-0.05, 0) is 58.8 Å². The molecular formula is C14H19BrFN. The first-order chi connectivity index (χ1) is 8.09. The predicted octanol–water partition coefficient (Wildman–Crippen LogP) is 4.08. The van der Waals surface area contributed by atoms with E-state index in [2.05, 4.69) is 35.1 Å². The van der Waals surface area contributed by atoms with Crippen molar-refractivity contribution in [1.82, 2.24) is 5.32 Å². The molecule has 17 heavy (non-hydrogen) atoms. The van der Waals surface area contributed by atoms with Gasteiger partial charge in [-0.3, -0.25) is 0 Å². The maximum absolute atomic E-state index is 14.0. The Bertz CT molecular complexity index is 390. The molecule has 1 saturated carbocycles. The minimum atomic E-state index is -0.113. The van der Waals surface area contributed by atoms with Gasteiger partial charge in [0, 0.05) is 6.04 Å². The molecule has 2 unspecified atom stereocenters. The maximum Gasteiger partial charge on any atom is 0.140 e. The van der Waals surface area contributed by atoms with Crippen LogP contribution in [0.25, 0.3) is 0 Å². The highest BCUT2D eigenvalue weighted by molar-refractivity contribution is 9.10. The Balaban J connectivity index is 2.01. The Labute approximate surface area is 111 Å². The summed E-state index contributed by atoms with van der Waals surface area (Å²) >= 11 is 3.25. The Morgan fingerprint density at radius 3 is 2.76 bits per heavy atom. The van der Waals surface area contributed by atoms with Crippen LogP contribution >= 0.6 is 15.9 Å². The van der Waals surface area contributed by atoms with Crippen LogP contribution in [0.15, 0.2) is 22.7 Å². The number of halogens is 2. The minimum absolute atomic E-state index is 0.113. The first kappa shape index (κ1) is 13.0. The standard InChI is InChI=1S/C14H19BrFN/c1-9(8-17-11-6-7-11)10(2)12-4-3-5-13(15)14(12)16/h3-5,9-11,17H,6-8H2,1-2H3. The molecule has 1 aliphatic rings. The lowest BCUT2D eigenvalue weighted by Gasteiger charge is -2.21. The van der Waals surface area contributed by atoms with Crippen LogP contribution in [0, 0.1) is 11.7 Å². The number of hydrogen-bond acceptors (Lipinski definition) is 1. The summed E-state index contributed by atoms with van der Waals surface area (Å²) in [5, 5.41) is 3.51. The third-order valence-electron chi connectivity index (χ3n) is 3.63. The lowest BCUT2D eigenvalue weighted by atomic mass is 9.88. The molecule has 0 bridgehead atoms. The van der Waals surface area contributed by atoms with E-state index < -0.39 is 0 Å².